The molecule has 1 saturated heterocycles. The number of nitrogens with two attached hydrogens (primary N) is 1. The number of imidazole rings is 1. The Morgan fingerprint density at radius 3 is 2.67 bits per heavy atom. The fourth-order valence-electron chi connectivity index (χ4n) is 3.80. The fraction of sp³-hybridized carbons (Fsp3) is 0.421. The SMILES string of the molecule is Cc1cccc(-n2c(N3CCCC(N)C3)nc3c2c(=O)n(C)c(=O)n3C)c1. The van der Waals surface area contributed by atoms with Crippen LogP contribution < -0.4 is 21.9 Å². The standard InChI is InChI=1S/C19H24N6O2/c1-12-6-4-8-14(10-12)25-15-16(22(2)19(27)23(3)17(15)26)21-18(25)24-9-5-7-13(20)11-24/h4,6,8,10,13H,5,7,9,11,20H2,1-3H3. The third-order valence-corrected chi connectivity index (χ3v) is 5.24. The molecule has 4 rings (SSSR count). The highest BCUT2D eigenvalue weighted by atomic mass is 16.2. The molecule has 2 N–H and O–H groups in total. The quantitative estimate of drug-likeness (QED) is 0.717. The Hall–Kier alpha value is -2.87. The second kappa shape index (κ2) is 6.38. The van der Waals surface area contributed by atoms with Gasteiger partial charge in [-0.25, -0.2) is 4.79 Å². The minimum Gasteiger partial charge on any atom is -0.340 e. The molecule has 1 unspecified atom stereocenters. The third-order valence-electron chi connectivity index (χ3n) is 5.24. The maximum atomic E-state index is 13.0. The molecule has 3 heterocycles. The lowest BCUT2D eigenvalue weighted by Gasteiger charge is -2.31. The predicted molar refractivity (Wildman–Crippen MR) is 106 cm³/mol. The van der Waals surface area contributed by atoms with Crippen LogP contribution in [-0.2, 0) is 14.1 Å². The Morgan fingerprint density at radius 2 is 1.96 bits per heavy atom. The topological polar surface area (TPSA) is 91.1 Å². The van der Waals surface area contributed by atoms with Gasteiger partial charge in [-0.05, 0) is 37.5 Å². The zero-order valence-corrected chi connectivity index (χ0v) is 15.8. The van der Waals surface area contributed by atoms with E-state index >= 15 is 0 Å². The zero-order chi connectivity index (χ0) is 19.3. The van der Waals surface area contributed by atoms with E-state index in [9.17, 15) is 9.59 Å². The molecule has 1 fully saturated rings. The zero-order valence-electron chi connectivity index (χ0n) is 15.8. The van der Waals surface area contributed by atoms with Crippen LogP contribution in [0.3, 0.4) is 0 Å². The first-order chi connectivity index (χ1) is 12.9. The van der Waals surface area contributed by atoms with Crippen molar-refractivity contribution in [1.82, 2.24) is 18.7 Å². The van der Waals surface area contributed by atoms with Crippen molar-refractivity contribution in [2.24, 2.45) is 19.8 Å². The minimum absolute atomic E-state index is 0.0659. The summed E-state index contributed by atoms with van der Waals surface area (Å²) in [6.07, 6.45) is 1.94. The molecule has 1 aliphatic heterocycles. The van der Waals surface area contributed by atoms with Gasteiger partial charge in [0, 0.05) is 38.9 Å². The van der Waals surface area contributed by atoms with Crippen LogP contribution in [0.1, 0.15) is 18.4 Å². The van der Waals surface area contributed by atoms with Gasteiger partial charge in [-0.2, -0.15) is 4.98 Å². The van der Waals surface area contributed by atoms with E-state index in [1.807, 2.05) is 35.8 Å². The second-order valence-corrected chi connectivity index (χ2v) is 7.31. The van der Waals surface area contributed by atoms with E-state index in [0.717, 1.165) is 35.2 Å². The molecular weight excluding hydrogens is 344 g/mol. The summed E-state index contributed by atoms with van der Waals surface area (Å²) < 4.78 is 4.42. The number of hydrogen-bond donors (Lipinski definition) is 1. The van der Waals surface area contributed by atoms with Gasteiger partial charge in [0.25, 0.3) is 5.56 Å². The monoisotopic (exact) mass is 368 g/mol. The lowest BCUT2D eigenvalue weighted by atomic mass is 10.1. The largest absolute Gasteiger partial charge is 0.340 e. The van der Waals surface area contributed by atoms with Gasteiger partial charge in [0.05, 0.1) is 0 Å². The van der Waals surface area contributed by atoms with Crippen LogP contribution in [0.4, 0.5) is 5.95 Å². The summed E-state index contributed by atoms with van der Waals surface area (Å²) in [6.45, 7) is 3.49. The third kappa shape index (κ3) is 2.76. The van der Waals surface area contributed by atoms with Crippen molar-refractivity contribution in [3.05, 3.63) is 50.7 Å². The van der Waals surface area contributed by atoms with E-state index in [0.29, 0.717) is 23.7 Å². The van der Waals surface area contributed by atoms with E-state index in [4.69, 9.17) is 10.7 Å². The number of benzene rings is 1. The van der Waals surface area contributed by atoms with Crippen LogP contribution in [0.25, 0.3) is 16.9 Å². The predicted octanol–water partition coefficient (Wildman–Crippen LogP) is 0.659. The minimum atomic E-state index is -0.386. The van der Waals surface area contributed by atoms with Crippen LogP contribution in [0, 0.1) is 6.92 Å². The molecular formula is C19H24N6O2. The Labute approximate surface area is 156 Å². The number of aryl methyl sites for hydroxylation is 2. The first-order valence-corrected chi connectivity index (χ1v) is 9.14. The van der Waals surface area contributed by atoms with Crippen molar-refractivity contribution in [1.29, 1.82) is 0 Å². The van der Waals surface area contributed by atoms with Gasteiger partial charge in [0.1, 0.15) is 0 Å². The summed E-state index contributed by atoms with van der Waals surface area (Å²) >= 11 is 0. The van der Waals surface area contributed by atoms with Crippen molar-refractivity contribution >= 4 is 17.1 Å². The number of aromatic nitrogens is 4. The summed E-state index contributed by atoms with van der Waals surface area (Å²) in [5.74, 6) is 0.657. The second-order valence-electron chi connectivity index (χ2n) is 7.31. The Kier molecular flexibility index (Phi) is 4.15. The van der Waals surface area contributed by atoms with E-state index < -0.39 is 0 Å². The number of fused-ring (bicyclic) bond motifs is 1. The molecule has 0 bridgehead atoms. The molecule has 8 heteroatoms. The van der Waals surface area contributed by atoms with Gasteiger partial charge in [-0.3, -0.25) is 18.5 Å². The normalized spacial score (nSPS) is 17.6. The number of piperidine rings is 1. The van der Waals surface area contributed by atoms with Crippen LogP contribution in [0.15, 0.2) is 33.9 Å². The van der Waals surface area contributed by atoms with Gasteiger partial charge in [0.2, 0.25) is 5.95 Å². The first-order valence-electron chi connectivity index (χ1n) is 9.14. The van der Waals surface area contributed by atoms with Crippen molar-refractivity contribution in [2.75, 3.05) is 18.0 Å². The molecule has 142 valence electrons. The summed E-state index contributed by atoms with van der Waals surface area (Å²) in [6, 6.07) is 7.99. The average molecular weight is 368 g/mol. The van der Waals surface area contributed by atoms with Crippen LogP contribution in [-0.4, -0.2) is 37.8 Å². The maximum Gasteiger partial charge on any atom is 0.332 e. The van der Waals surface area contributed by atoms with E-state index in [2.05, 4.69) is 4.90 Å². The van der Waals surface area contributed by atoms with Gasteiger partial charge in [-0.15, -0.1) is 0 Å². The molecule has 0 spiro atoms. The van der Waals surface area contributed by atoms with Gasteiger partial charge < -0.3 is 10.6 Å². The average Bonchev–Trinajstić information content (AvgIpc) is 3.05. The molecule has 0 radical (unpaired) electrons. The highest BCUT2D eigenvalue weighted by Gasteiger charge is 2.26. The van der Waals surface area contributed by atoms with Crippen LogP contribution in [0.2, 0.25) is 0 Å². The molecule has 1 atom stereocenters. The maximum absolute atomic E-state index is 13.0. The molecule has 0 amide bonds. The van der Waals surface area contributed by atoms with Gasteiger partial charge in [0.15, 0.2) is 11.2 Å². The number of rotatable bonds is 2. The van der Waals surface area contributed by atoms with Gasteiger partial charge in [-0.1, -0.05) is 12.1 Å². The Balaban J connectivity index is 2.09. The first kappa shape index (κ1) is 17.5. The molecule has 1 aliphatic rings. The van der Waals surface area contributed by atoms with Crippen molar-refractivity contribution in [2.45, 2.75) is 25.8 Å². The van der Waals surface area contributed by atoms with E-state index in [1.165, 1.54) is 11.6 Å². The molecule has 1 aromatic carbocycles. The molecule has 2 aromatic heterocycles. The number of hydrogen-bond acceptors (Lipinski definition) is 5. The summed E-state index contributed by atoms with van der Waals surface area (Å²) in [4.78, 5) is 32.2. The summed E-state index contributed by atoms with van der Waals surface area (Å²) in [5.41, 5.74) is 8.16. The van der Waals surface area contributed by atoms with Crippen LogP contribution >= 0.6 is 0 Å². The van der Waals surface area contributed by atoms with E-state index in [1.54, 1.807) is 7.05 Å². The molecule has 0 aliphatic carbocycles. The van der Waals surface area contributed by atoms with E-state index in [-0.39, 0.29) is 17.3 Å². The summed E-state index contributed by atoms with van der Waals surface area (Å²) in [5, 5.41) is 0. The molecule has 0 saturated carbocycles. The Morgan fingerprint density at radius 1 is 1.19 bits per heavy atom. The van der Waals surface area contributed by atoms with Gasteiger partial charge >= 0.3 is 5.69 Å². The molecule has 8 nitrogen and oxygen atoms in total. The van der Waals surface area contributed by atoms with Crippen molar-refractivity contribution < 1.29 is 0 Å². The number of nitrogens with zero attached hydrogens (tertiary/aromatic N) is 5. The lowest BCUT2D eigenvalue weighted by Crippen LogP contribution is -2.44. The van der Waals surface area contributed by atoms with Crippen molar-refractivity contribution in [3.63, 3.8) is 0 Å². The lowest BCUT2D eigenvalue weighted by molar-refractivity contribution is 0.499. The van der Waals surface area contributed by atoms with Crippen LogP contribution in [0.5, 0.6) is 0 Å². The number of anilines is 1. The smallest absolute Gasteiger partial charge is 0.332 e. The highest BCUT2D eigenvalue weighted by Crippen LogP contribution is 2.27. The summed E-state index contributed by atoms with van der Waals surface area (Å²) in [7, 11) is 3.14. The molecule has 3 aromatic rings. The highest BCUT2D eigenvalue weighted by molar-refractivity contribution is 5.78. The van der Waals surface area contributed by atoms with Crippen molar-refractivity contribution in [3.8, 4) is 5.69 Å². The molecule has 27 heavy (non-hydrogen) atoms. The Bertz CT molecular complexity index is 1140. The fourth-order valence-corrected chi connectivity index (χ4v) is 3.80.